The molecule has 2 aromatic rings. The van der Waals surface area contributed by atoms with Crippen LogP contribution in [-0.4, -0.2) is 18.0 Å². The van der Waals surface area contributed by atoms with E-state index in [1.54, 1.807) is 0 Å². The van der Waals surface area contributed by atoms with Crippen molar-refractivity contribution in [2.45, 2.75) is 25.9 Å². The highest BCUT2D eigenvalue weighted by atomic mass is 35.5. The lowest BCUT2D eigenvalue weighted by atomic mass is 10.1. The predicted molar refractivity (Wildman–Crippen MR) is 84.8 cm³/mol. The monoisotopic (exact) mass is 294 g/mol. The molecule has 1 aromatic carbocycles. The van der Waals surface area contributed by atoms with Crippen LogP contribution in [0.4, 0.5) is 5.69 Å². The highest BCUT2D eigenvalue weighted by molar-refractivity contribution is 7.09. The van der Waals surface area contributed by atoms with Gasteiger partial charge in [0.15, 0.2) is 0 Å². The Morgan fingerprint density at radius 3 is 2.79 bits per heavy atom. The molecule has 19 heavy (non-hydrogen) atoms. The summed E-state index contributed by atoms with van der Waals surface area (Å²) in [4.78, 5) is 3.76. The molecule has 0 aliphatic heterocycles. The Morgan fingerprint density at radius 1 is 1.37 bits per heavy atom. The van der Waals surface area contributed by atoms with Crippen LogP contribution in [0.25, 0.3) is 0 Å². The largest absolute Gasteiger partial charge is 0.398 e. The van der Waals surface area contributed by atoms with Gasteiger partial charge in [-0.3, -0.25) is 4.90 Å². The summed E-state index contributed by atoms with van der Waals surface area (Å²) in [5, 5.41) is 2.75. The zero-order valence-corrected chi connectivity index (χ0v) is 12.8. The van der Waals surface area contributed by atoms with Crippen LogP contribution in [0.15, 0.2) is 35.7 Å². The van der Waals surface area contributed by atoms with Crippen molar-refractivity contribution in [3.05, 3.63) is 51.2 Å². The van der Waals surface area contributed by atoms with Crippen molar-refractivity contribution in [3.63, 3.8) is 0 Å². The number of rotatable bonds is 5. The number of likely N-dealkylation sites (N-methyl/N-ethyl adjacent to an activating group) is 1. The maximum atomic E-state index is 5.94. The second-order valence-electron chi connectivity index (χ2n) is 4.90. The topological polar surface area (TPSA) is 29.3 Å². The van der Waals surface area contributed by atoms with Crippen molar-refractivity contribution < 1.29 is 0 Å². The summed E-state index contributed by atoms with van der Waals surface area (Å²) in [5.41, 5.74) is 7.68. The van der Waals surface area contributed by atoms with Gasteiger partial charge in [0, 0.05) is 17.5 Å². The maximum absolute atomic E-state index is 5.94. The Morgan fingerprint density at radius 2 is 2.16 bits per heavy atom. The third-order valence-corrected chi connectivity index (χ3v) is 4.56. The molecule has 102 valence electrons. The minimum atomic E-state index is 0.496. The molecule has 1 atom stereocenters. The fraction of sp³-hybridized carbons (Fsp3) is 0.333. The third kappa shape index (κ3) is 3.96. The molecule has 1 heterocycles. The normalized spacial score (nSPS) is 12.8. The molecule has 0 saturated heterocycles. The van der Waals surface area contributed by atoms with Crippen molar-refractivity contribution in [1.29, 1.82) is 0 Å². The summed E-state index contributed by atoms with van der Waals surface area (Å²) in [6.07, 6.45) is 1.08. The van der Waals surface area contributed by atoms with Crippen molar-refractivity contribution >= 4 is 28.6 Å². The number of nitrogens with two attached hydrogens (primary N) is 1. The molecule has 2 N–H and O–H groups in total. The van der Waals surface area contributed by atoms with Crippen LogP contribution in [0.3, 0.4) is 0 Å². The van der Waals surface area contributed by atoms with E-state index in [2.05, 4.69) is 36.4 Å². The number of benzene rings is 1. The Kier molecular flexibility index (Phi) is 4.86. The van der Waals surface area contributed by atoms with E-state index in [1.807, 2.05) is 29.5 Å². The van der Waals surface area contributed by atoms with Gasteiger partial charge < -0.3 is 5.73 Å². The Labute approximate surface area is 123 Å². The van der Waals surface area contributed by atoms with Gasteiger partial charge in [0.05, 0.1) is 10.7 Å². The van der Waals surface area contributed by atoms with E-state index in [1.165, 1.54) is 10.4 Å². The lowest BCUT2D eigenvalue weighted by molar-refractivity contribution is 0.249. The van der Waals surface area contributed by atoms with Gasteiger partial charge in [0.25, 0.3) is 0 Å². The molecule has 2 rings (SSSR count). The van der Waals surface area contributed by atoms with Gasteiger partial charge in [-0.05, 0) is 49.5 Å². The first-order valence-corrected chi connectivity index (χ1v) is 7.58. The van der Waals surface area contributed by atoms with E-state index in [0.717, 1.165) is 13.0 Å². The molecule has 1 aromatic heterocycles. The summed E-state index contributed by atoms with van der Waals surface area (Å²) < 4.78 is 0. The number of anilines is 1. The third-order valence-electron chi connectivity index (χ3n) is 3.32. The standard InChI is InChI=1S/C15H19ClN2S/c1-11(8-13-4-3-7-19-13)18(2)10-12-5-6-14(16)15(17)9-12/h3-7,9,11H,8,10,17H2,1-2H3. The average molecular weight is 295 g/mol. The zero-order valence-electron chi connectivity index (χ0n) is 11.3. The summed E-state index contributed by atoms with van der Waals surface area (Å²) in [5.74, 6) is 0. The van der Waals surface area contributed by atoms with Gasteiger partial charge in [-0.1, -0.05) is 23.7 Å². The molecule has 2 nitrogen and oxygen atoms in total. The fourth-order valence-corrected chi connectivity index (χ4v) is 2.96. The number of halogens is 1. The molecular formula is C15H19ClN2S. The van der Waals surface area contributed by atoms with Crippen LogP contribution in [0.5, 0.6) is 0 Å². The Hall–Kier alpha value is -1.03. The van der Waals surface area contributed by atoms with E-state index in [9.17, 15) is 0 Å². The fourth-order valence-electron chi connectivity index (χ4n) is 2.01. The number of hydrogen-bond donors (Lipinski definition) is 1. The van der Waals surface area contributed by atoms with E-state index in [0.29, 0.717) is 16.8 Å². The molecule has 0 bridgehead atoms. The molecule has 0 saturated carbocycles. The molecule has 0 radical (unpaired) electrons. The lowest BCUT2D eigenvalue weighted by Crippen LogP contribution is -2.30. The first kappa shape index (κ1) is 14.4. The van der Waals surface area contributed by atoms with Crippen LogP contribution in [0.2, 0.25) is 5.02 Å². The quantitative estimate of drug-likeness (QED) is 0.843. The summed E-state index contributed by atoms with van der Waals surface area (Å²) in [6.45, 7) is 3.13. The minimum absolute atomic E-state index is 0.496. The van der Waals surface area contributed by atoms with Gasteiger partial charge in [-0.25, -0.2) is 0 Å². The van der Waals surface area contributed by atoms with Gasteiger partial charge in [0.2, 0.25) is 0 Å². The first-order valence-electron chi connectivity index (χ1n) is 6.33. The lowest BCUT2D eigenvalue weighted by Gasteiger charge is -2.24. The highest BCUT2D eigenvalue weighted by Crippen LogP contribution is 2.21. The maximum Gasteiger partial charge on any atom is 0.0635 e. The van der Waals surface area contributed by atoms with E-state index in [-0.39, 0.29) is 0 Å². The van der Waals surface area contributed by atoms with E-state index < -0.39 is 0 Å². The smallest absolute Gasteiger partial charge is 0.0635 e. The summed E-state index contributed by atoms with van der Waals surface area (Å²) in [7, 11) is 2.14. The van der Waals surface area contributed by atoms with Crippen molar-refractivity contribution in [2.75, 3.05) is 12.8 Å². The van der Waals surface area contributed by atoms with Gasteiger partial charge in [-0.15, -0.1) is 11.3 Å². The van der Waals surface area contributed by atoms with Crippen molar-refractivity contribution in [2.24, 2.45) is 0 Å². The van der Waals surface area contributed by atoms with Gasteiger partial charge in [-0.2, -0.15) is 0 Å². The second-order valence-corrected chi connectivity index (χ2v) is 6.34. The van der Waals surface area contributed by atoms with Gasteiger partial charge >= 0.3 is 0 Å². The molecule has 0 fully saturated rings. The van der Waals surface area contributed by atoms with Crippen molar-refractivity contribution in [3.8, 4) is 0 Å². The van der Waals surface area contributed by atoms with Crippen LogP contribution in [0.1, 0.15) is 17.4 Å². The molecule has 0 amide bonds. The second kappa shape index (κ2) is 6.42. The van der Waals surface area contributed by atoms with Gasteiger partial charge in [0.1, 0.15) is 0 Å². The molecular weight excluding hydrogens is 276 g/mol. The number of hydrogen-bond acceptors (Lipinski definition) is 3. The number of nitrogens with zero attached hydrogens (tertiary/aromatic N) is 1. The predicted octanol–water partition coefficient (Wildman–Crippen LogP) is 4.05. The molecule has 1 unspecified atom stereocenters. The zero-order chi connectivity index (χ0) is 13.8. The number of thiophene rings is 1. The van der Waals surface area contributed by atoms with E-state index in [4.69, 9.17) is 17.3 Å². The molecule has 0 spiro atoms. The van der Waals surface area contributed by atoms with Crippen LogP contribution < -0.4 is 5.73 Å². The van der Waals surface area contributed by atoms with Crippen LogP contribution >= 0.6 is 22.9 Å². The molecule has 4 heteroatoms. The van der Waals surface area contributed by atoms with Crippen LogP contribution in [-0.2, 0) is 13.0 Å². The Bertz CT molecular complexity index is 525. The van der Waals surface area contributed by atoms with E-state index >= 15 is 0 Å². The summed E-state index contributed by atoms with van der Waals surface area (Å²) >= 11 is 7.75. The molecule has 0 aliphatic carbocycles. The minimum Gasteiger partial charge on any atom is -0.398 e. The van der Waals surface area contributed by atoms with Crippen LogP contribution in [0, 0.1) is 0 Å². The first-order chi connectivity index (χ1) is 9.06. The average Bonchev–Trinajstić information content (AvgIpc) is 2.86. The SMILES string of the molecule is CC(Cc1cccs1)N(C)Cc1ccc(Cl)c(N)c1. The molecule has 0 aliphatic rings. The Balaban J connectivity index is 1.96. The summed E-state index contributed by atoms with van der Waals surface area (Å²) in [6, 6.07) is 10.6. The highest BCUT2D eigenvalue weighted by Gasteiger charge is 2.11. The van der Waals surface area contributed by atoms with Crippen molar-refractivity contribution in [1.82, 2.24) is 4.90 Å². The number of nitrogen functional groups attached to an aromatic ring is 1.